The van der Waals surface area contributed by atoms with Gasteiger partial charge in [-0.2, -0.15) is 5.10 Å². The molecular formula is C18H25N3O4S. The Labute approximate surface area is 154 Å². The number of hydrazone groups is 1. The fourth-order valence-electron chi connectivity index (χ4n) is 3.29. The molecule has 1 aromatic rings. The first-order valence-electron chi connectivity index (χ1n) is 8.90. The first kappa shape index (κ1) is 18.8. The van der Waals surface area contributed by atoms with Crippen molar-refractivity contribution in [3.05, 3.63) is 29.8 Å². The molecular weight excluding hydrogens is 354 g/mol. The van der Waals surface area contributed by atoms with Crippen molar-refractivity contribution in [1.29, 1.82) is 0 Å². The van der Waals surface area contributed by atoms with Crippen molar-refractivity contribution in [3.63, 3.8) is 0 Å². The molecule has 0 spiro atoms. The van der Waals surface area contributed by atoms with Crippen molar-refractivity contribution in [3.8, 4) is 0 Å². The highest BCUT2D eigenvalue weighted by Crippen LogP contribution is 2.21. The molecule has 3 rings (SSSR count). The lowest BCUT2D eigenvalue weighted by molar-refractivity contribution is -0.121. The third-order valence-corrected chi connectivity index (χ3v) is 6.65. The number of nitrogens with zero attached hydrogens (tertiary/aromatic N) is 2. The van der Waals surface area contributed by atoms with Crippen LogP contribution in [0.2, 0.25) is 0 Å². The summed E-state index contributed by atoms with van der Waals surface area (Å²) in [6, 6.07) is 8.06. The van der Waals surface area contributed by atoms with Crippen LogP contribution < -0.4 is 10.3 Å². The molecule has 26 heavy (non-hydrogen) atoms. The summed E-state index contributed by atoms with van der Waals surface area (Å²) in [5.41, 5.74) is 5.34. The zero-order valence-corrected chi connectivity index (χ0v) is 15.8. The number of carbonyl (C=O) groups excluding carboxylic acids is 1. The van der Waals surface area contributed by atoms with Crippen LogP contribution >= 0.6 is 0 Å². The minimum atomic E-state index is -2.96. The second-order valence-corrected chi connectivity index (χ2v) is 9.08. The lowest BCUT2D eigenvalue weighted by Gasteiger charge is -2.28. The van der Waals surface area contributed by atoms with Crippen LogP contribution in [0.3, 0.4) is 0 Å². The van der Waals surface area contributed by atoms with Gasteiger partial charge in [0.15, 0.2) is 9.84 Å². The standard InChI is InChI=1S/C18H25N3O4S/c1-14(19-20-18(22)12-15-6-11-26(23,24)13-15)16-2-4-17(5-3-16)21-7-9-25-10-8-21/h2-5,15H,6-13H2,1H3,(H,20,22)/b19-14-/t15-/m0/s1. The Hall–Kier alpha value is -1.93. The van der Waals surface area contributed by atoms with Crippen molar-refractivity contribution < 1.29 is 17.9 Å². The molecule has 1 amide bonds. The number of morpholine rings is 1. The maximum Gasteiger partial charge on any atom is 0.240 e. The largest absolute Gasteiger partial charge is 0.378 e. The van der Waals surface area contributed by atoms with Crippen LogP contribution in [0, 0.1) is 5.92 Å². The normalized spacial score (nSPS) is 23.0. The number of benzene rings is 1. The Kier molecular flexibility index (Phi) is 5.93. The van der Waals surface area contributed by atoms with Crippen molar-refractivity contribution in [2.45, 2.75) is 19.8 Å². The van der Waals surface area contributed by atoms with Crippen molar-refractivity contribution in [1.82, 2.24) is 5.43 Å². The maximum atomic E-state index is 12.0. The number of sulfone groups is 1. The van der Waals surface area contributed by atoms with Gasteiger partial charge in [-0.25, -0.2) is 13.8 Å². The lowest BCUT2D eigenvalue weighted by atomic mass is 10.1. The highest BCUT2D eigenvalue weighted by atomic mass is 32.2. The second-order valence-electron chi connectivity index (χ2n) is 6.85. The summed E-state index contributed by atoms with van der Waals surface area (Å²) >= 11 is 0. The smallest absolute Gasteiger partial charge is 0.240 e. The summed E-state index contributed by atoms with van der Waals surface area (Å²) in [7, 11) is -2.96. The minimum absolute atomic E-state index is 0.0942. The van der Waals surface area contributed by atoms with Crippen molar-refractivity contribution in [2.75, 3.05) is 42.7 Å². The van der Waals surface area contributed by atoms with E-state index in [1.807, 2.05) is 31.2 Å². The van der Waals surface area contributed by atoms with E-state index < -0.39 is 9.84 Å². The Bertz CT molecular complexity index is 768. The second kappa shape index (κ2) is 8.18. The fraction of sp³-hybridized carbons (Fsp3) is 0.556. The van der Waals surface area contributed by atoms with E-state index in [1.54, 1.807) is 0 Å². The van der Waals surface area contributed by atoms with Crippen molar-refractivity contribution in [2.24, 2.45) is 11.0 Å². The van der Waals surface area contributed by atoms with Gasteiger partial charge in [0.05, 0.1) is 30.4 Å². The molecule has 8 heteroatoms. The summed E-state index contributed by atoms with van der Waals surface area (Å²) in [5, 5.41) is 4.15. The predicted octanol–water partition coefficient (Wildman–Crippen LogP) is 1.19. The van der Waals surface area contributed by atoms with Crippen LogP contribution in [0.1, 0.15) is 25.3 Å². The molecule has 1 aromatic carbocycles. The van der Waals surface area contributed by atoms with E-state index in [2.05, 4.69) is 15.4 Å². The van der Waals surface area contributed by atoms with E-state index in [9.17, 15) is 13.2 Å². The van der Waals surface area contributed by atoms with Gasteiger partial charge in [-0.1, -0.05) is 12.1 Å². The topological polar surface area (TPSA) is 88.1 Å². The number of nitrogens with one attached hydrogen (secondary N) is 1. The number of hydrogen-bond acceptors (Lipinski definition) is 6. The molecule has 142 valence electrons. The molecule has 2 saturated heterocycles. The molecule has 0 aliphatic carbocycles. The monoisotopic (exact) mass is 379 g/mol. The number of carbonyl (C=O) groups is 1. The number of rotatable bonds is 5. The van der Waals surface area contributed by atoms with Crippen LogP contribution in [0.5, 0.6) is 0 Å². The third kappa shape index (κ3) is 5.04. The fourth-order valence-corrected chi connectivity index (χ4v) is 5.15. The van der Waals surface area contributed by atoms with Crippen LogP contribution in [-0.4, -0.2) is 57.8 Å². The predicted molar refractivity (Wildman–Crippen MR) is 101 cm³/mol. The first-order chi connectivity index (χ1) is 12.4. The third-order valence-electron chi connectivity index (χ3n) is 4.81. The maximum absolute atomic E-state index is 12.0. The van der Waals surface area contributed by atoms with Gasteiger partial charge in [0.1, 0.15) is 0 Å². The zero-order chi connectivity index (χ0) is 18.6. The molecule has 2 heterocycles. The van der Waals surface area contributed by atoms with Gasteiger partial charge in [0, 0.05) is 25.2 Å². The van der Waals surface area contributed by atoms with Crippen LogP contribution in [0.4, 0.5) is 5.69 Å². The summed E-state index contributed by atoms with van der Waals surface area (Å²) in [6.07, 6.45) is 0.757. The summed E-state index contributed by atoms with van der Waals surface area (Å²) in [6.45, 7) is 5.11. The molecule has 2 fully saturated rings. The van der Waals surface area contributed by atoms with Crippen LogP contribution in [-0.2, 0) is 19.4 Å². The van der Waals surface area contributed by atoms with Gasteiger partial charge >= 0.3 is 0 Å². The SMILES string of the molecule is C/C(=N/NC(=O)C[C@@H]1CCS(=O)(=O)C1)c1ccc(N2CCOCC2)cc1. The van der Waals surface area contributed by atoms with Gasteiger partial charge in [0.2, 0.25) is 5.91 Å². The van der Waals surface area contributed by atoms with Gasteiger partial charge < -0.3 is 9.64 Å². The molecule has 0 radical (unpaired) electrons. The first-order valence-corrected chi connectivity index (χ1v) is 10.7. The Balaban J connectivity index is 1.53. The van der Waals surface area contributed by atoms with E-state index >= 15 is 0 Å². The molecule has 1 N–H and O–H groups in total. The lowest BCUT2D eigenvalue weighted by Crippen LogP contribution is -2.36. The van der Waals surface area contributed by atoms with Gasteiger partial charge in [0.25, 0.3) is 0 Å². The summed E-state index contributed by atoms with van der Waals surface area (Å²) < 4.78 is 28.3. The molecule has 1 atom stereocenters. The molecule has 0 unspecified atom stereocenters. The van der Waals surface area contributed by atoms with E-state index in [0.717, 1.165) is 37.6 Å². The summed E-state index contributed by atoms with van der Waals surface area (Å²) in [4.78, 5) is 14.2. The quantitative estimate of drug-likeness (QED) is 0.613. The molecule has 7 nitrogen and oxygen atoms in total. The zero-order valence-electron chi connectivity index (χ0n) is 15.0. The van der Waals surface area contributed by atoms with E-state index in [0.29, 0.717) is 12.1 Å². The molecule has 2 aliphatic heterocycles. The Morgan fingerprint density at radius 1 is 1.27 bits per heavy atom. The van der Waals surface area contributed by atoms with E-state index in [1.165, 1.54) is 0 Å². The Morgan fingerprint density at radius 2 is 1.96 bits per heavy atom. The average molecular weight is 379 g/mol. The number of amides is 1. The van der Waals surface area contributed by atoms with Crippen molar-refractivity contribution >= 4 is 27.1 Å². The molecule has 0 aromatic heterocycles. The van der Waals surface area contributed by atoms with E-state index in [-0.39, 0.29) is 29.8 Å². The van der Waals surface area contributed by atoms with Gasteiger partial charge in [-0.15, -0.1) is 0 Å². The highest BCUT2D eigenvalue weighted by molar-refractivity contribution is 7.91. The average Bonchev–Trinajstić information content (AvgIpc) is 2.99. The van der Waals surface area contributed by atoms with Gasteiger partial charge in [-0.05, 0) is 37.0 Å². The molecule has 2 aliphatic rings. The van der Waals surface area contributed by atoms with Gasteiger partial charge in [-0.3, -0.25) is 4.79 Å². The number of hydrogen-bond donors (Lipinski definition) is 1. The summed E-state index contributed by atoms with van der Waals surface area (Å²) in [5.74, 6) is -0.0471. The number of anilines is 1. The number of ether oxygens (including phenoxy) is 1. The highest BCUT2D eigenvalue weighted by Gasteiger charge is 2.29. The minimum Gasteiger partial charge on any atom is -0.378 e. The molecule has 0 bridgehead atoms. The molecule has 0 saturated carbocycles. The van der Waals surface area contributed by atoms with Crippen LogP contribution in [0.15, 0.2) is 29.4 Å². The van der Waals surface area contributed by atoms with Crippen LogP contribution in [0.25, 0.3) is 0 Å². The Morgan fingerprint density at radius 3 is 2.58 bits per heavy atom. The van der Waals surface area contributed by atoms with E-state index in [4.69, 9.17) is 4.74 Å².